The number of likely N-dealkylation sites (N-methyl/N-ethyl adjacent to an activating group) is 1. The minimum Gasteiger partial charge on any atom is -0.338 e. The van der Waals surface area contributed by atoms with Gasteiger partial charge >= 0.3 is 0 Å². The summed E-state index contributed by atoms with van der Waals surface area (Å²) in [5, 5.41) is 0. The fourth-order valence-corrected chi connectivity index (χ4v) is 2.42. The molecule has 0 bridgehead atoms. The van der Waals surface area contributed by atoms with E-state index in [1.54, 1.807) is 0 Å². The summed E-state index contributed by atoms with van der Waals surface area (Å²) >= 11 is 5.63. The number of rotatable bonds is 4. The van der Waals surface area contributed by atoms with Crippen LogP contribution in [0.4, 0.5) is 0 Å². The lowest BCUT2D eigenvalue weighted by atomic mass is 10.1. The van der Waals surface area contributed by atoms with Crippen molar-refractivity contribution in [3.8, 4) is 0 Å². The van der Waals surface area contributed by atoms with Crippen molar-refractivity contribution in [1.29, 1.82) is 0 Å². The number of carbonyl (C=O) groups excluding carboxylic acids is 1. The largest absolute Gasteiger partial charge is 0.338 e. The predicted octanol–water partition coefficient (Wildman–Crippen LogP) is 1.95. The molecule has 0 spiro atoms. The maximum Gasteiger partial charge on any atom is 0.222 e. The zero-order chi connectivity index (χ0) is 12.0. The molecule has 0 aromatic carbocycles. The van der Waals surface area contributed by atoms with Gasteiger partial charge in [-0.2, -0.15) is 0 Å². The first kappa shape index (κ1) is 13.8. The third-order valence-electron chi connectivity index (χ3n) is 3.22. The normalized spacial score (nSPS) is 23.2. The minimum absolute atomic E-state index is 0.280. The summed E-state index contributed by atoms with van der Waals surface area (Å²) in [5.41, 5.74) is 0. The SMILES string of the molecule is CCC1CN(C)CCCN1C(=O)CCCCl. The van der Waals surface area contributed by atoms with Gasteiger partial charge in [-0.15, -0.1) is 11.6 Å². The smallest absolute Gasteiger partial charge is 0.222 e. The fourth-order valence-electron chi connectivity index (χ4n) is 2.28. The second-order valence-corrected chi connectivity index (χ2v) is 4.94. The third kappa shape index (κ3) is 3.95. The Balaban J connectivity index is 2.56. The lowest BCUT2D eigenvalue weighted by Gasteiger charge is -2.30. The Bertz CT molecular complexity index is 223. The zero-order valence-corrected chi connectivity index (χ0v) is 11.2. The Morgan fingerprint density at radius 3 is 2.81 bits per heavy atom. The number of hydrogen-bond acceptors (Lipinski definition) is 2. The molecule has 0 radical (unpaired) electrons. The van der Waals surface area contributed by atoms with Crippen LogP contribution in [0.15, 0.2) is 0 Å². The van der Waals surface area contributed by atoms with Gasteiger partial charge in [-0.1, -0.05) is 6.92 Å². The molecule has 1 atom stereocenters. The molecule has 1 fully saturated rings. The van der Waals surface area contributed by atoms with Gasteiger partial charge in [0, 0.05) is 31.4 Å². The number of nitrogens with zero attached hydrogens (tertiary/aromatic N) is 2. The van der Waals surface area contributed by atoms with Crippen molar-refractivity contribution < 1.29 is 4.79 Å². The summed E-state index contributed by atoms with van der Waals surface area (Å²) in [6.45, 7) is 5.16. The molecule has 0 saturated carbocycles. The lowest BCUT2D eigenvalue weighted by Crippen LogP contribution is -2.43. The van der Waals surface area contributed by atoms with Gasteiger partial charge in [-0.25, -0.2) is 0 Å². The van der Waals surface area contributed by atoms with Crippen molar-refractivity contribution in [3.63, 3.8) is 0 Å². The first-order valence-corrected chi connectivity index (χ1v) is 6.76. The van der Waals surface area contributed by atoms with E-state index in [-0.39, 0.29) is 5.91 Å². The molecule has 1 aliphatic rings. The molecule has 94 valence electrons. The minimum atomic E-state index is 0.280. The van der Waals surface area contributed by atoms with Gasteiger partial charge in [-0.3, -0.25) is 4.79 Å². The lowest BCUT2D eigenvalue weighted by molar-refractivity contribution is -0.133. The summed E-state index contributed by atoms with van der Waals surface area (Å²) in [7, 11) is 2.13. The van der Waals surface area contributed by atoms with Crippen LogP contribution in [0.25, 0.3) is 0 Å². The van der Waals surface area contributed by atoms with Crippen molar-refractivity contribution in [2.75, 3.05) is 32.6 Å². The molecule has 3 nitrogen and oxygen atoms in total. The molecule has 1 unspecified atom stereocenters. The molecule has 1 saturated heterocycles. The van der Waals surface area contributed by atoms with Gasteiger partial charge in [0.1, 0.15) is 0 Å². The summed E-state index contributed by atoms with van der Waals surface area (Å²) in [6.07, 6.45) is 3.52. The highest BCUT2D eigenvalue weighted by Crippen LogP contribution is 2.14. The molecule has 1 amide bonds. The average Bonchev–Trinajstić information content (AvgIpc) is 2.47. The highest BCUT2D eigenvalue weighted by atomic mass is 35.5. The summed E-state index contributed by atoms with van der Waals surface area (Å²) in [5.74, 6) is 0.860. The number of amides is 1. The monoisotopic (exact) mass is 246 g/mol. The van der Waals surface area contributed by atoms with Crippen molar-refractivity contribution in [1.82, 2.24) is 9.80 Å². The predicted molar refractivity (Wildman–Crippen MR) is 67.9 cm³/mol. The van der Waals surface area contributed by atoms with Crippen LogP contribution in [0, 0.1) is 0 Å². The van der Waals surface area contributed by atoms with Crippen molar-refractivity contribution in [3.05, 3.63) is 0 Å². The molecule has 1 heterocycles. The van der Waals surface area contributed by atoms with E-state index in [0.717, 1.165) is 38.9 Å². The summed E-state index contributed by atoms with van der Waals surface area (Å²) in [4.78, 5) is 16.4. The number of hydrogen-bond donors (Lipinski definition) is 0. The first-order valence-electron chi connectivity index (χ1n) is 6.23. The van der Waals surface area contributed by atoms with Crippen LogP contribution >= 0.6 is 11.6 Å². The van der Waals surface area contributed by atoms with Crippen LogP contribution < -0.4 is 0 Å². The Labute approximate surface area is 104 Å². The van der Waals surface area contributed by atoms with E-state index >= 15 is 0 Å². The maximum absolute atomic E-state index is 12.0. The number of halogens is 1. The summed E-state index contributed by atoms with van der Waals surface area (Å²) in [6, 6.07) is 0.385. The van der Waals surface area contributed by atoms with Crippen molar-refractivity contribution in [2.24, 2.45) is 0 Å². The quantitative estimate of drug-likeness (QED) is 0.708. The van der Waals surface area contributed by atoms with E-state index in [9.17, 15) is 4.79 Å². The van der Waals surface area contributed by atoms with Gasteiger partial charge in [0.2, 0.25) is 5.91 Å². The van der Waals surface area contributed by atoms with Crippen LogP contribution in [-0.4, -0.2) is 54.3 Å². The maximum atomic E-state index is 12.0. The van der Waals surface area contributed by atoms with E-state index in [1.807, 2.05) is 0 Å². The average molecular weight is 247 g/mol. The van der Waals surface area contributed by atoms with Gasteiger partial charge in [0.15, 0.2) is 0 Å². The van der Waals surface area contributed by atoms with Crippen molar-refractivity contribution >= 4 is 17.5 Å². The van der Waals surface area contributed by atoms with Crippen LogP contribution in [0.2, 0.25) is 0 Å². The van der Waals surface area contributed by atoms with Gasteiger partial charge < -0.3 is 9.80 Å². The molecular weight excluding hydrogens is 224 g/mol. The second kappa shape index (κ2) is 7.13. The first-order chi connectivity index (χ1) is 7.69. The van der Waals surface area contributed by atoms with E-state index < -0.39 is 0 Å². The topological polar surface area (TPSA) is 23.6 Å². The Morgan fingerprint density at radius 2 is 2.19 bits per heavy atom. The van der Waals surface area contributed by atoms with Crippen LogP contribution in [0.5, 0.6) is 0 Å². The molecule has 16 heavy (non-hydrogen) atoms. The van der Waals surface area contributed by atoms with E-state index in [2.05, 4.69) is 23.8 Å². The number of carbonyl (C=O) groups is 1. The van der Waals surface area contributed by atoms with Crippen LogP contribution in [-0.2, 0) is 4.79 Å². The van der Waals surface area contributed by atoms with E-state index in [4.69, 9.17) is 11.6 Å². The molecule has 0 N–H and O–H groups in total. The van der Waals surface area contributed by atoms with Crippen molar-refractivity contribution in [2.45, 2.75) is 38.6 Å². The highest BCUT2D eigenvalue weighted by Gasteiger charge is 2.25. The molecule has 1 rings (SSSR count). The van der Waals surface area contributed by atoms with Gasteiger partial charge in [-0.05, 0) is 32.9 Å². The standard InChI is InChI=1S/C12H23ClN2O/c1-3-11-10-14(2)8-5-9-15(11)12(16)6-4-7-13/h11H,3-10H2,1-2H3. The Kier molecular flexibility index (Phi) is 6.14. The second-order valence-electron chi connectivity index (χ2n) is 4.56. The highest BCUT2D eigenvalue weighted by molar-refractivity contribution is 6.17. The zero-order valence-electron chi connectivity index (χ0n) is 10.4. The number of alkyl halides is 1. The molecule has 1 aliphatic heterocycles. The van der Waals surface area contributed by atoms with E-state index in [1.165, 1.54) is 0 Å². The van der Waals surface area contributed by atoms with Gasteiger partial charge in [0.25, 0.3) is 0 Å². The van der Waals surface area contributed by atoms with Crippen LogP contribution in [0.3, 0.4) is 0 Å². The Morgan fingerprint density at radius 1 is 1.44 bits per heavy atom. The van der Waals surface area contributed by atoms with E-state index in [0.29, 0.717) is 18.3 Å². The molecule has 0 aromatic heterocycles. The fraction of sp³-hybridized carbons (Fsp3) is 0.917. The van der Waals surface area contributed by atoms with Gasteiger partial charge in [0.05, 0.1) is 0 Å². The Hall–Kier alpha value is -0.280. The molecule has 0 aromatic rings. The molecular formula is C12H23ClN2O. The molecule has 4 heteroatoms. The summed E-state index contributed by atoms with van der Waals surface area (Å²) < 4.78 is 0. The molecule has 0 aliphatic carbocycles. The third-order valence-corrected chi connectivity index (χ3v) is 3.49. The van der Waals surface area contributed by atoms with Crippen LogP contribution in [0.1, 0.15) is 32.6 Å².